The van der Waals surface area contributed by atoms with Gasteiger partial charge in [0.2, 0.25) is 5.91 Å². The number of benzene rings is 1. The number of nitrogens with zero attached hydrogens (tertiary/aromatic N) is 1. The van der Waals surface area contributed by atoms with Crippen LogP contribution in [0.1, 0.15) is 51.1 Å². The van der Waals surface area contributed by atoms with Gasteiger partial charge >= 0.3 is 0 Å². The summed E-state index contributed by atoms with van der Waals surface area (Å²) in [6.45, 7) is 4.80. The van der Waals surface area contributed by atoms with Gasteiger partial charge in [-0.2, -0.15) is 0 Å². The third kappa shape index (κ3) is 5.01. The van der Waals surface area contributed by atoms with Crippen molar-refractivity contribution in [3.8, 4) is 0 Å². The SMILES string of the molecule is CCC(C)C(=O)N(C)CCCC1CC(c2cccc(F)c2)NN1. The molecular weight excluding hydrogens is 293 g/mol. The van der Waals surface area contributed by atoms with E-state index in [0.29, 0.717) is 6.04 Å². The zero-order chi connectivity index (χ0) is 16.8. The standard InChI is InChI=1S/C18H28FN3O/c1-4-13(2)18(23)22(3)10-6-9-16-12-17(21-20-16)14-7-5-8-15(19)11-14/h5,7-8,11,13,16-17,20-21H,4,6,9-10,12H2,1-3H3. The number of rotatable bonds is 7. The van der Waals surface area contributed by atoms with Crippen molar-refractivity contribution in [2.75, 3.05) is 13.6 Å². The van der Waals surface area contributed by atoms with Crippen LogP contribution in [0.2, 0.25) is 0 Å². The number of carbonyl (C=O) groups is 1. The highest BCUT2D eigenvalue weighted by Gasteiger charge is 2.25. The second-order valence-electron chi connectivity index (χ2n) is 6.54. The first-order valence-electron chi connectivity index (χ1n) is 8.52. The quantitative estimate of drug-likeness (QED) is 0.811. The average molecular weight is 321 g/mol. The van der Waals surface area contributed by atoms with Crippen molar-refractivity contribution in [3.63, 3.8) is 0 Å². The Morgan fingerprint density at radius 1 is 1.43 bits per heavy atom. The van der Waals surface area contributed by atoms with Crippen LogP contribution < -0.4 is 10.9 Å². The molecule has 2 N–H and O–H groups in total. The van der Waals surface area contributed by atoms with E-state index in [0.717, 1.165) is 37.8 Å². The van der Waals surface area contributed by atoms with Crippen molar-refractivity contribution in [1.29, 1.82) is 0 Å². The van der Waals surface area contributed by atoms with Gasteiger partial charge in [-0.1, -0.05) is 26.0 Å². The van der Waals surface area contributed by atoms with Gasteiger partial charge < -0.3 is 4.90 Å². The minimum absolute atomic E-state index is 0.101. The highest BCUT2D eigenvalue weighted by Crippen LogP contribution is 2.24. The molecule has 5 heteroatoms. The summed E-state index contributed by atoms with van der Waals surface area (Å²) in [6, 6.07) is 7.25. The van der Waals surface area contributed by atoms with Crippen molar-refractivity contribution in [3.05, 3.63) is 35.6 Å². The number of amides is 1. The summed E-state index contributed by atoms with van der Waals surface area (Å²) in [5.74, 6) is 0.129. The Kier molecular flexibility index (Phi) is 6.54. The lowest BCUT2D eigenvalue weighted by molar-refractivity contribution is -0.133. The number of hydrogen-bond donors (Lipinski definition) is 2. The Hall–Kier alpha value is -1.46. The van der Waals surface area contributed by atoms with E-state index in [1.807, 2.05) is 31.9 Å². The van der Waals surface area contributed by atoms with Gasteiger partial charge in [0.1, 0.15) is 5.82 Å². The second-order valence-corrected chi connectivity index (χ2v) is 6.54. The smallest absolute Gasteiger partial charge is 0.225 e. The topological polar surface area (TPSA) is 44.4 Å². The van der Waals surface area contributed by atoms with Crippen LogP contribution in [-0.4, -0.2) is 30.4 Å². The van der Waals surface area contributed by atoms with Crippen LogP contribution in [0.4, 0.5) is 4.39 Å². The molecule has 0 aliphatic carbocycles. The maximum atomic E-state index is 13.3. The fourth-order valence-electron chi connectivity index (χ4n) is 2.99. The van der Waals surface area contributed by atoms with Crippen LogP contribution in [0.25, 0.3) is 0 Å². The monoisotopic (exact) mass is 321 g/mol. The summed E-state index contributed by atoms with van der Waals surface area (Å²) in [4.78, 5) is 13.9. The Morgan fingerprint density at radius 3 is 2.91 bits per heavy atom. The number of halogens is 1. The first-order chi connectivity index (χ1) is 11.0. The Bertz CT molecular complexity index is 523. The van der Waals surface area contributed by atoms with E-state index in [2.05, 4.69) is 10.9 Å². The summed E-state index contributed by atoms with van der Waals surface area (Å²) in [6.07, 6.45) is 3.78. The summed E-state index contributed by atoms with van der Waals surface area (Å²) >= 11 is 0. The predicted molar refractivity (Wildman–Crippen MR) is 90.1 cm³/mol. The van der Waals surface area contributed by atoms with Crippen molar-refractivity contribution in [2.45, 2.75) is 51.6 Å². The molecule has 1 aromatic carbocycles. The van der Waals surface area contributed by atoms with Gasteiger partial charge in [0.15, 0.2) is 0 Å². The molecule has 3 unspecified atom stereocenters. The van der Waals surface area contributed by atoms with Gasteiger partial charge in [-0.05, 0) is 43.4 Å². The third-order valence-electron chi connectivity index (χ3n) is 4.69. The van der Waals surface area contributed by atoms with Crippen LogP contribution in [0, 0.1) is 11.7 Å². The van der Waals surface area contributed by atoms with Gasteiger partial charge in [-0.15, -0.1) is 0 Å². The molecule has 1 aliphatic rings. The maximum Gasteiger partial charge on any atom is 0.225 e. The molecule has 1 fully saturated rings. The van der Waals surface area contributed by atoms with Gasteiger partial charge in [-0.25, -0.2) is 4.39 Å². The van der Waals surface area contributed by atoms with Gasteiger partial charge in [0.05, 0.1) is 0 Å². The zero-order valence-corrected chi connectivity index (χ0v) is 14.3. The number of nitrogens with one attached hydrogen (secondary N) is 2. The first kappa shape index (κ1) is 17.9. The Morgan fingerprint density at radius 2 is 2.22 bits per heavy atom. The van der Waals surface area contributed by atoms with E-state index < -0.39 is 0 Å². The molecule has 0 aromatic heterocycles. The van der Waals surface area contributed by atoms with Crippen LogP contribution in [0.5, 0.6) is 0 Å². The van der Waals surface area contributed by atoms with Crippen LogP contribution in [-0.2, 0) is 4.79 Å². The molecule has 1 heterocycles. The summed E-state index contributed by atoms with van der Waals surface area (Å²) in [5.41, 5.74) is 7.50. The molecule has 1 aromatic rings. The van der Waals surface area contributed by atoms with Crippen molar-refractivity contribution in [1.82, 2.24) is 15.8 Å². The molecule has 0 spiro atoms. The molecular formula is C18H28FN3O. The largest absolute Gasteiger partial charge is 0.346 e. The van der Waals surface area contributed by atoms with Crippen molar-refractivity contribution < 1.29 is 9.18 Å². The number of carbonyl (C=O) groups excluding carboxylic acids is 1. The fourth-order valence-corrected chi connectivity index (χ4v) is 2.99. The molecule has 23 heavy (non-hydrogen) atoms. The molecule has 1 amide bonds. The van der Waals surface area contributed by atoms with Crippen LogP contribution in [0.15, 0.2) is 24.3 Å². The molecule has 128 valence electrons. The molecule has 4 nitrogen and oxygen atoms in total. The summed E-state index contributed by atoms with van der Waals surface area (Å²) in [7, 11) is 1.88. The summed E-state index contributed by atoms with van der Waals surface area (Å²) in [5, 5.41) is 0. The van der Waals surface area contributed by atoms with Gasteiger partial charge in [0.25, 0.3) is 0 Å². The Balaban J connectivity index is 1.73. The van der Waals surface area contributed by atoms with E-state index >= 15 is 0 Å². The molecule has 1 saturated heterocycles. The first-order valence-corrected chi connectivity index (χ1v) is 8.52. The minimum atomic E-state index is -0.196. The molecule has 2 rings (SSSR count). The predicted octanol–water partition coefficient (Wildman–Crippen LogP) is 3.02. The highest BCUT2D eigenvalue weighted by atomic mass is 19.1. The third-order valence-corrected chi connectivity index (χ3v) is 4.69. The number of hydrazine groups is 1. The Labute approximate surface area is 138 Å². The summed E-state index contributed by atoms with van der Waals surface area (Å²) < 4.78 is 13.3. The van der Waals surface area contributed by atoms with E-state index in [9.17, 15) is 9.18 Å². The average Bonchev–Trinajstić information content (AvgIpc) is 3.02. The molecule has 1 aliphatic heterocycles. The number of hydrogen-bond acceptors (Lipinski definition) is 3. The highest BCUT2D eigenvalue weighted by molar-refractivity contribution is 5.78. The van der Waals surface area contributed by atoms with Crippen LogP contribution >= 0.6 is 0 Å². The van der Waals surface area contributed by atoms with Gasteiger partial charge in [-0.3, -0.25) is 15.6 Å². The molecule has 3 atom stereocenters. The second kappa shape index (κ2) is 8.41. The lowest BCUT2D eigenvalue weighted by Gasteiger charge is -2.21. The van der Waals surface area contributed by atoms with Crippen LogP contribution in [0.3, 0.4) is 0 Å². The lowest BCUT2D eigenvalue weighted by Crippen LogP contribution is -2.34. The van der Waals surface area contributed by atoms with E-state index in [1.54, 1.807) is 12.1 Å². The van der Waals surface area contributed by atoms with Crippen molar-refractivity contribution in [2.24, 2.45) is 5.92 Å². The normalized spacial score (nSPS) is 22.1. The van der Waals surface area contributed by atoms with E-state index in [-0.39, 0.29) is 23.7 Å². The zero-order valence-electron chi connectivity index (χ0n) is 14.3. The minimum Gasteiger partial charge on any atom is -0.346 e. The van der Waals surface area contributed by atoms with Crippen molar-refractivity contribution >= 4 is 5.91 Å². The molecule has 0 saturated carbocycles. The maximum absolute atomic E-state index is 13.3. The molecule has 0 bridgehead atoms. The molecule has 0 radical (unpaired) electrons. The van der Waals surface area contributed by atoms with E-state index in [1.165, 1.54) is 6.07 Å². The van der Waals surface area contributed by atoms with Gasteiger partial charge in [0, 0.05) is 31.6 Å². The fraction of sp³-hybridized carbons (Fsp3) is 0.611. The van der Waals surface area contributed by atoms with E-state index in [4.69, 9.17) is 0 Å². The lowest BCUT2D eigenvalue weighted by atomic mass is 9.99.